The van der Waals surface area contributed by atoms with E-state index in [2.05, 4.69) is 26.1 Å². The third-order valence-electron chi connectivity index (χ3n) is 4.04. The van der Waals surface area contributed by atoms with Gasteiger partial charge in [0.05, 0.1) is 0 Å². The van der Waals surface area contributed by atoms with Crippen molar-refractivity contribution in [2.24, 2.45) is 11.8 Å². The Labute approximate surface area is 101 Å². The molecule has 2 heteroatoms. The topological polar surface area (TPSA) is 21.3 Å². The van der Waals surface area contributed by atoms with Crippen LogP contribution in [0.3, 0.4) is 0 Å². The minimum absolute atomic E-state index is 0.721. The van der Waals surface area contributed by atoms with Crippen LogP contribution < -0.4 is 5.32 Å². The zero-order valence-electron chi connectivity index (χ0n) is 11.3. The first-order valence-corrected chi connectivity index (χ1v) is 7.12. The average Bonchev–Trinajstić information content (AvgIpc) is 2.35. The zero-order valence-corrected chi connectivity index (χ0v) is 11.3. The highest BCUT2D eigenvalue weighted by Gasteiger charge is 2.24. The first kappa shape index (κ1) is 14.0. The molecule has 1 aliphatic rings. The average molecular weight is 227 g/mol. The molecule has 0 aromatic rings. The van der Waals surface area contributed by atoms with Crippen molar-refractivity contribution in [2.75, 3.05) is 19.8 Å². The van der Waals surface area contributed by atoms with E-state index in [1.165, 1.54) is 32.1 Å². The summed E-state index contributed by atoms with van der Waals surface area (Å²) in [5.74, 6) is 1.74. The van der Waals surface area contributed by atoms with E-state index in [0.717, 1.165) is 37.6 Å². The van der Waals surface area contributed by atoms with Crippen LogP contribution in [0.15, 0.2) is 0 Å². The van der Waals surface area contributed by atoms with Gasteiger partial charge in [0.1, 0.15) is 0 Å². The van der Waals surface area contributed by atoms with E-state index in [0.29, 0.717) is 0 Å². The molecule has 0 aliphatic carbocycles. The molecule has 1 aliphatic heterocycles. The highest BCUT2D eigenvalue weighted by molar-refractivity contribution is 4.80. The summed E-state index contributed by atoms with van der Waals surface area (Å²) in [5.41, 5.74) is 0. The molecule has 1 heterocycles. The number of ether oxygens (including phenoxy) is 1. The van der Waals surface area contributed by atoms with Crippen LogP contribution in [-0.4, -0.2) is 25.8 Å². The summed E-state index contributed by atoms with van der Waals surface area (Å²) in [7, 11) is 0. The van der Waals surface area contributed by atoms with Crippen LogP contribution in [0.25, 0.3) is 0 Å². The maximum absolute atomic E-state index is 5.46. The summed E-state index contributed by atoms with van der Waals surface area (Å²) < 4.78 is 5.46. The quantitative estimate of drug-likeness (QED) is 0.721. The fourth-order valence-corrected chi connectivity index (χ4v) is 2.80. The molecule has 96 valence electrons. The molecule has 0 aromatic carbocycles. The first-order chi connectivity index (χ1) is 7.81. The van der Waals surface area contributed by atoms with Crippen molar-refractivity contribution in [3.8, 4) is 0 Å². The van der Waals surface area contributed by atoms with E-state index >= 15 is 0 Å². The molecule has 1 rings (SSSR count). The van der Waals surface area contributed by atoms with Gasteiger partial charge in [0.25, 0.3) is 0 Å². The Balaban J connectivity index is 2.44. The summed E-state index contributed by atoms with van der Waals surface area (Å²) in [6.07, 6.45) is 6.49. The second-order valence-electron chi connectivity index (χ2n) is 5.03. The molecule has 0 radical (unpaired) electrons. The third-order valence-corrected chi connectivity index (χ3v) is 4.04. The van der Waals surface area contributed by atoms with Crippen molar-refractivity contribution in [3.05, 3.63) is 0 Å². The summed E-state index contributed by atoms with van der Waals surface area (Å²) in [5, 5.41) is 3.70. The van der Waals surface area contributed by atoms with E-state index in [9.17, 15) is 0 Å². The molecular formula is C14H29NO. The lowest BCUT2D eigenvalue weighted by atomic mass is 9.84. The van der Waals surface area contributed by atoms with Gasteiger partial charge in [-0.1, -0.05) is 33.6 Å². The Hall–Kier alpha value is -0.0800. The Bertz CT molecular complexity index is 162. The van der Waals surface area contributed by atoms with Gasteiger partial charge in [0.2, 0.25) is 0 Å². The van der Waals surface area contributed by atoms with Gasteiger partial charge < -0.3 is 10.1 Å². The summed E-state index contributed by atoms with van der Waals surface area (Å²) in [6.45, 7) is 9.90. The molecule has 0 spiro atoms. The fourth-order valence-electron chi connectivity index (χ4n) is 2.80. The number of hydrogen-bond donors (Lipinski definition) is 1. The van der Waals surface area contributed by atoms with E-state index in [1.54, 1.807) is 0 Å². The van der Waals surface area contributed by atoms with Crippen LogP contribution in [0.1, 0.15) is 52.9 Å². The second-order valence-corrected chi connectivity index (χ2v) is 5.03. The highest BCUT2D eigenvalue weighted by Crippen LogP contribution is 2.25. The second kappa shape index (κ2) is 8.08. The minimum Gasteiger partial charge on any atom is -0.381 e. The maximum atomic E-state index is 5.46. The number of rotatable bonds is 7. The molecule has 2 nitrogen and oxygen atoms in total. The van der Waals surface area contributed by atoms with Crippen molar-refractivity contribution < 1.29 is 4.74 Å². The monoisotopic (exact) mass is 227 g/mol. The molecule has 1 saturated heterocycles. The summed E-state index contributed by atoms with van der Waals surface area (Å²) in [4.78, 5) is 0. The minimum atomic E-state index is 0.721. The summed E-state index contributed by atoms with van der Waals surface area (Å²) >= 11 is 0. The van der Waals surface area contributed by atoms with Crippen molar-refractivity contribution in [1.82, 2.24) is 5.32 Å². The van der Waals surface area contributed by atoms with E-state index < -0.39 is 0 Å². The van der Waals surface area contributed by atoms with Crippen LogP contribution in [0.4, 0.5) is 0 Å². The first-order valence-electron chi connectivity index (χ1n) is 7.12. The predicted octanol–water partition coefficient (Wildman–Crippen LogP) is 3.22. The van der Waals surface area contributed by atoms with Gasteiger partial charge in [-0.15, -0.1) is 0 Å². The molecular weight excluding hydrogens is 198 g/mol. The van der Waals surface area contributed by atoms with Crippen LogP contribution in [0.2, 0.25) is 0 Å². The molecule has 0 saturated carbocycles. The number of nitrogens with one attached hydrogen (secondary N) is 1. The zero-order chi connectivity index (χ0) is 11.8. The van der Waals surface area contributed by atoms with Crippen LogP contribution >= 0.6 is 0 Å². The predicted molar refractivity (Wildman–Crippen MR) is 69.7 cm³/mol. The number of hydrogen-bond acceptors (Lipinski definition) is 2. The molecule has 1 fully saturated rings. The third kappa shape index (κ3) is 4.42. The Kier molecular flexibility index (Phi) is 7.06. The van der Waals surface area contributed by atoms with Gasteiger partial charge in [-0.2, -0.15) is 0 Å². The standard InChI is InChI=1S/C14H29NO/c1-4-12(5-2)11-14(15-6-3)13-7-9-16-10-8-13/h12-15H,4-11H2,1-3H3. The van der Waals surface area contributed by atoms with Crippen molar-refractivity contribution in [3.63, 3.8) is 0 Å². The molecule has 16 heavy (non-hydrogen) atoms. The van der Waals surface area contributed by atoms with Gasteiger partial charge >= 0.3 is 0 Å². The van der Waals surface area contributed by atoms with Crippen molar-refractivity contribution in [2.45, 2.75) is 58.9 Å². The lowest BCUT2D eigenvalue weighted by molar-refractivity contribution is 0.0501. The maximum Gasteiger partial charge on any atom is 0.0469 e. The fraction of sp³-hybridized carbons (Fsp3) is 1.00. The molecule has 1 unspecified atom stereocenters. The van der Waals surface area contributed by atoms with Crippen molar-refractivity contribution in [1.29, 1.82) is 0 Å². The normalized spacial score (nSPS) is 20.2. The van der Waals surface area contributed by atoms with Gasteiger partial charge in [0.15, 0.2) is 0 Å². The lowest BCUT2D eigenvalue weighted by Crippen LogP contribution is -2.40. The van der Waals surface area contributed by atoms with Crippen molar-refractivity contribution >= 4 is 0 Å². The van der Waals surface area contributed by atoms with Gasteiger partial charge in [-0.3, -0.25) is 0 Å². The molecule has 0 bridgehead atoms. The Morgan fingerprint density at radius 1 is 1.12 bits per heavy atom. The smallest absolute Gasteiger partial charge is 0.0469 e. The molecule has 0 aromatic heterocycles. The Morgan fingerprint density at radius 3 is 2.25 bits per heavy atom. The SMILES string of the molecule is CCNC(CC(CC)CC)C1CCOCC1. The van der Waals surface area contributed by atoms with Gasteiger partial charge in [-0.05, 0) is 37.6 Å². The molecule has 1 atom stereocenters. The summed E-state index contributed by atoms with van der Waals surface area (Å²) in [6, 6.07) is 0.721. The van der Waals surface area contributed by atoms with Crippen LogP contribution in [-0.2, 0) is 4.74 Å². The van der Waals surface area contributed by atoms with Crippen LogP contribution in [0.5, 0.6) is 0 Å². The lowest BCUT2D eigenvalue weighted by Gasteiger charge is -2.33. The van der Waals surface area contributed by atoms with E-state index in [4.69, 9.17) is 4.74 Å². The highest BCUT2D eigenvalue weighted by atomic mass is 16.5. The largest absolute Gasteiger partial charge is 0.381 e. The molecule has 1 N–H and O–H groups in total. The van der Waals surface area contributed by atoms with Gasteiger partial charge in [0, 0.05) is 19.3 Å². The van der Waals surface area contributed by atoms with Crippen LogP contribution in [0, 0.1) is 11.8 Å². The van der Waals surface area contributed by atoms with E-state index in [1.807, 2.05) is 0 Å². The molecule has 0 amide bonds. The van der Waals surface area contributed by atoms with Gasteiger partial charge in [-0.25, -0.2) is 0 Å². The van der Waals surface area contributed by atoms with E-state index in [-0.39, 0.29) is 0 Å². The Morgan fingerprint density at radius 2 is 1.75 bits per heavy atom.